The van der Waals surface area contributed by atoms with Gasteiger partial charge in [-0.3, -0.25) is 19.2 Å². The lowest BCUT2D eigenvalue weighted by molar-refractivity contribution is -0.138. The summed E-state index contributed by atoms with van der Waals surface area (Å²) in [6.07, 6.45) is 1.05. The molecule has 0 radical (unpaired) electrons. The van der Waals surface area contributed by atoms with Gasteiger partial charge in [0.25, 0.3) is 0 Å². The maximum absolute atomic E-state index is 14.4. The van der Waals surface area contributed by atoms with Crippen molar-refractivity contribution in [2.45, 2.75) is 39.5 Å². The summed E-state index contributed by atoms with van der Waals surface area (Å²) in [6.45, 7) is 5.19. The first-order valence-corrected chi connectivity index (χ1v) is 14.0. The smallest absolute Gasteiger partial charge is 0.423 e. The van der Waals surface area contributed by atoms with Crippen LogP contribution in [0.2, 0.25) is 5.02 Å². The summed E-state index contributed by atoms with van der Waals surface area (Å²) in [5, 5.41) is 10.3. The summed E-state index contributed by atoms with van der Waals surface area (Å²) in [6, 6.07) is 7.17. The molecule has 0 aromatic heterocycles. The second-order valence-electron chi connectivity index (χ2n) is 11.7. The molecule has 6 rings (SSSR count). The number of phenols is 1. The van der Waals surface area contributed by atoms with E-state index in [9.17, 15) is 33.5 Å². The zero-order valence-corrected chi connectivity index (χ0v) is 24.1. The highest BCUT2D eigenvalue weighted by Crippen LogP contribution is 2.63. The fraction of sp³-hybridized carbons (Fsp3) is 0.387. The van der Waals surface area contributed by atoms with Crippen molar-refractivity contribution in [1.29, 1.82) is 0 Å². The van der Waals surface area contributed by atoms with Crippen LogP contribution in [0.1, 0.15) is 42.4 Å². The molecule has 0 spiro atoms. The Hall–Kier alpha value is -4.05. The van der Waals surface area contributed by atoms with Crippen molar-refractivity contribution < 1.29 is 38.2 Å². The predicted molar refractivity (Wildman–Crippen MR) is 148 cm³/mol. The number of aryl methyl sites for hydroxylation is 2. The number of anilines is 1. The highest BCUT2D eigenvalue weighted by molar-refractivity contribution is 6.31. The van der Waals surface area contributed by atoms with Crippen molar-refractivity contribution in [3.63, 3.8) is 0 Å². The number of phenolic OH excluding ortho intramolecular Hbond substituents is 1. The molecule has 9 nitrogen and oxygen atoms in total. The number of allylic oxidation sites excluding steroid dienone is 2. The Morgan fingerprint density at radius 3 is 2.33 bits per heavy atom. The number of methoxy groups -OCH3 is 1. The molecule has 11 heteroatoms. The summed E-state index contributed by atoms with van der Waals surface area (Å²) in [7, 11) is 1.09. The van der Waals surface area contributed by atoms with Crippen LogP contribution in [0, 0.1) is 48.8 Å². The third-order valence-electron chi connectivity index (χ3n) is 9.64. The molecule has 2 aliphatic carbocycles. The van der Waals surface area contributed by atoms with Gasteiger partial charge in [0.2, 0.25) is 23.6 Å². The van der Waals surface area contributed by atoms with Crippen LogP contribution in [0.4, 0.5) is 14.9 Å². The largest absolute Gasteiger partial charge is 0.507 e. The number of hydrogen-bond donors (Lipinski definition) is 1. The highest BCUT2D eigenvalue weighted by atomic mass is 35.5. The van der Waals surface area contributed by atoms with Crippen molar-refractivity contribution in [3.8, 4) is 5.75 Å². The summed E-state index contributed by atoms with van der Waals surface area (Å²) in [5.41, 5.74) is 1.35. The molecular formula is C31H28ClFN2O7. The van der Waals surface area contributed by atoms with Crippen molar-refractivity contribution >= 4 is 47.0 Å². The molecular weight excluding hydrogens is 567 g/mol. The number of benzene rings is 2. The van der Waals surface area contributed by atoms with Gasteiger partial charge < -0.3 is 9.84 Å². The van der Waals surface area contributed by atoms with Crippen molar-refractivity contribution in [1.82, 2.24) is 4.90 Å². The first kappa shape index (κ1) is 28.1. The summed E-state index contributed by atoms with van der Waals surface area (Å²) < 4.78 is 18.7. The zero-order valence-electron chi connectivity index (χ0n) is 23.3. The van der Waals surface area contributed by atoms with Crippen LogP contribution in [-0.2, 0) is 23.9 Å². The normalized spacial score (nSPS) is 30.2. The van der Waals surface area contributed by atoms with E-state index >= 15 is 0 Å². The maximum atomic E-state index is 14.4. The van der Waals surface area contributed by atoms with E-state index in [-0.39, 0.29) is 29.3 Å². The number of ether oxygens (including phenoxy) is 1. The highest BCUT2D eigenvalue weighted by Gasteiger charge is 2.68. The number of carbonyl (C=O) groups is 5. The van der Waals surface area contributed by atoms with Gasteiger partial charge in [-0.2, -0.15) is 4.90 Å². The summed E-state index contributed by atoms with van der Waals surface area (Å²) in [5.74, 6) is -6.91. The lowest BCUT2D eigenvalue weighted by atomic mass is 9.51. The molecule has 42 heavy (non-hydrogen) atoms. The molecule has 1 saturated carbocycles. The minimum atomic E-state index is -1.32. The SMILES string of the molecule is COC(=O)N1C(=O)[C@H]2[C@H](CC=C3[C@H]2C[C@H]2C(=O)N(c4ccc(F)c(Cl)c4)C(=O)[C@@]2(C)[C@H]3c2cc(C)c(O)c(C)c2)C1=O. The molecule has 2 saturated heterocycles. The number of halogens is 2. The monoisotopic (exact) mass is 594 g/mol. The minimum absolute atomic E-state index is 0.0834. The number of likely N-dealkylation sites (tertiary alicyclic amines) is 1. The number of nitrogens with zero attached hydrogens (tertiary/aromatic N) is 2. The minimum Gasteiger partial charge on any atom is -0.507 e. The second kappa shape index (κ2) is 9.49. The first-order valence-electron chi connectivity index (χ1n) is 13.6. The van der Waals surface area contributed by atoms with Crippen LogP contribution in [0.5, 0.6) is 5.75 Å². The predicted octanol–water partition coefficient (Wildman–Crippen LogP) is 4.80. The van der Waals surface area contributed by atoms with Crippen LogP contribution >= 0.6 is 11.6 Å². The van der Waals surface area contributed by atoms with Gasteiger partial charge in [-0.15, -0.1) is 0 Å². The Morgan fingerprint density at radius 2 is 1.71 bits per heavy atom. The van der Waals surface area contributed by atoms with Gasteiger partial charge in [-0.25, -0.2) is 14.1 Å². The van der Waals surface area contributed by atoms with Crippen molar-refractivity contribution in [2.75, 3.05) is 12.0 Å². The Kier molecular flexibility index (Phi) is 6.34. The van der Waals surface area contributed by atoms with Gasteiger partial charge in [0.05, 0.1) is 41.0 Å². The van der Waals surface area contributed by atoms with Crippen LogP contribution in [-0.4, -0.2) is 46.8 Å². The van der Waals surface area contributed by atoms with Crippen LogP contribution in [0.3, 0.4) is 0 Å². The number of carbonyl (C=O) groups excluding carboxylic acids is 5. The Bertz CT molecular complexity index is 1630. The van der Waals surface area contributed by atoms with E-state index in [1.165, 1.54) is 12.1 Å². The molecule has 218 valence electrons. The Balaban J connectivity index is 1.54. The molecule has 6 atom stereocenters. The van der Waals surface area contributed by atoms with Crippen LogP contribution in [0.15, 0.2) is 42.0 Å². The van der Waals surface area contributed by atoms with Gasteiger partial charge in [-0.1, -0.05) is 35.4 Å². The molecule has 2 aliphatic heterocycles. The van der Waals surface area contributed by atoms with E-state index in [1.807, 2.05) is 6.08 Å². The molecule has 3 fully saturated rings. The van der Waals surface area contributed by atoms with Crippen LogP contribution < -0.4 is 4.90 Å². The van der Waals surface area contributed by atoms with E-state index in [2.05, 4.69) is 0 Å². The summed E-state index contributed by atoms with van der Waals surface area (Å²) >= 11 is 6.02. The third kappa shape index (κ3) is 3.63. The topological polar surface area (TPSA) is 121 Å². The fourth-order valence-electron chi connectivity index (χ4n) is 7.69. The standard InChI is InChI=1S/C31H28ClFN2O7/c1-13-9-15(10-14(2)25(13)36)24-17-6-7-18-23(28(39)35(26(18)37)30(41)42-4)19(17)12-20-27(38)34(29(40)31(20,24)3)16-5-8-22(33)21(32)11-16/h5-6,8-11,18-20,23-24,36H,7,12H2,1-4H3/t18-,19+,20-,23-,24-,31+/m0/s1. The molecule has 1 N–H and O–H groups in total. The van der Waals surface area contributed by atoms with Crippen molar-refractivity contribution in [3.05, 3.63) is 69.5 Å². The van der Waals surface area contributed by atoms with Gasteiger partial charge in [0.15, 0.2) is 0 Å². The second-order valence-corrected chi connectivity index (χ2v) is 12.2. The molecule has 2 heterocycles. The van der Waals surface area contributed by atoms with E-state index in [4.69, 9.17) is 16.3 Å². The van der Waals surface area contributed by atoms with E-state index < -0.39 is 70.5 Å². The molecule has 0 bridgehead atoms. The maximum Gasteiger partial charge on any atom is 0.423 e. The van der Waals surface area contributed by atoms with E-state index in [0.717, 1.165) is 23.6 Å². The quantitative estimate of drug-likeness (QED) is 0.392. The molecule has 5 amide bonds. The lowest BCUT2D eigenvalue weighted by Gasteiger charge is -2.49. The van der Waals surface area contributed by atoms with Gasteiger partial charge >= 0.3 is 6.09 Å². The average Bonchev–Trinajstić information content (AvgIpc) is 3.32. The number of imide groups is 4. The number of amides is 5. The molecule has 2 aromatic carbocycles. The molecule has 4 aliphatic rings. The Labute approximate surface area is 245 Å². The average molecular weight is 595 g/mol. The lowest BCUT2D eigenvalue weighted by Crippen LogP contribution is -2.49. The van der Waals surface area contributed by atoms with Crippen LogP contribution in [0.25, 0.3) is 0 Å². The first-order chi connectivity index (χ1) is 19.8. The fourth-order valence-corrected chi connectivity index (χ4v) is 7.87. The van der Waals surface area contributed by atoms with Crippen molar-refractivity contribution in [2.24, 2.45) is 29.1 Å². The molecule has 0 unspecified atom stereocenters. The van der Waals surface area contributed by atoms with E-state index in [1.54, 1.807) is 32.9 Å². The number of rotatable bonds is 2. The number of aromatic hydroxyl groups is 1. The number of fused-ring (bicyclic) bond motifs is 4. The summed E-state index contributed by atoms with van der Waals surface area (Å²) in [4.78, 5) is 69.3. The van der Waals surface area contributed by atoms with Gasteiger partial charge in [0.1, 0.15) is 11.6 Å². The zero-order chi connectivity index (χ0) is 30.4. The third-order valence-corrected chi connectivity index (χ3v) is 9.93. The van der Waals surface area contributed by atoms with E-state index in [0.29, 0.717) is 21.6 Å². The number of hydrogen-bond acceptors (Lipinski definition) is 7. The Morgan fingerprint density at radius 1 is 1.05 bits per heavy atom. The van der Waals surface area contributed by atoms with Gasteiger partial charge in [-0.05, 0) is 74.4 Å². The van der Waals surface area contributed by atoms with Gasteiger partial charge in [0, 0.05) is 5.92 Å². The molecule has 2 aromatic rings.